The molecule has 0 bridgehead atoms. The van der Waals surface area contributed by atoms with Crippen LogP contribution in [0.5, 0.6) is 11.5 Å². The number of fused-ring (bicyclic) bond motifs is 2. The van der Waals surface area contributed by atoms with Crippen LogP contribution in [0.15, 0.2) is 96.0 Å². The molecule has 0 spiro atoms. The molecular formula is C51H64Cl2N8O4S2. The highest BCUT2D eigenvalue weighted by molar-refractivity contribution is 7.99. The minimum absolute atomic E-state index is 0.00154. The minimum atomic E-state index is 0.00154. The average Bonchev–Trinajstić information content (AvgIpc) is 3.38. The van der Waals surface area contributed by atoms with E-state index >= 15 is 0 Å². The standard InChI is InChI=1S/C26H33ClN4O2S.C25H31ClN4O2S/c1-33-20-5-6-24-22(16-20)21(23(27)17-30-24)4-2-7-26(19-32)8-13-31(14-9-26)12-3-15-34-25-18-28-10-11-29-25;1-32-19-4-5-23-21(15-19)20(22(26)16-29-23)3-2-6-25(18-31)7-11-30(12-8-25)13-14-33-24-17-27-9-10-28-24/h5-6,10-11,16-18,32H,2-4,7-9,12-15,19H2,1H3;4-5,9-10,15-17,31H,2-3,6-8,11-14,18H2,1H3. The van der Waals surface area contributed by atoms with Crippen molar-refractivity contribution in [1.82, 2.24) is 39.7 Å². The summed E-state index contributed by atoms with van der Waals surface area (Å²) in [6.45, 7) is 6.77. The van der Waals surface area contributed by atoms with Gasteiger partial charge in [-0.05, 0) is 162 Å². The predicted octanol–water partition coefficient (Wildman–Crippen LogP) is 10.1. The molecule has 8 rings (SSSR count). The van der Waals surface area contributed by atoms with Crippen molar-refractivity contribution < 1.29 is 19.7 Å². The van der Waals surface area contributed by atoms with Gasteiger partial charge in [0.1, 0.15) is 21.6 Å². The van der Waals surface area contributed by atoms with Crippen LogP contribution >= 0.6 is 46.7 Å². The Bertz CT molecular complexity index is 2450. The van der Waals surface area contributed by atoms with Gasteiger partial charge < -0.3 is 29.5 Å². The Hall–Kier alpha value is -3.86. The number of hydrogen-bond donors (Lipinski definition) is 2. The maximum Gasteiger partial charge on any atom is 0.119 e. The lowest BCUT2D eigenvalue weighted by Crippen LogP contribution is -2.42. The van der Waals surface area contributed by atoms with Gasteiger partial charge in [-0.3, -0.25) is 19.9 Å². The van der Waals surface area contributed by atoms with Crippen molar-refractivity contribution in [1.29, 1.82) is 0 Å². The highest BCUT2D eigenvalue weighted by Gasteiger charge is 2.35. The molecule has 6 aromatic rings. The molecule has 0 aliphatic carbocycles. The fourth-order valence-electron chi connectivity index (χ4n) is 9.39. The number of aliphatic hydroxyl groups is 2. The third-order valence-corrected chi connectivity index (χ3v) is 16.2. The van der Waals surface area contributed by atoms with Gasteiger partial charge in [-0.25, -0.2) is 9.97 Å². The van der Waals surface area contributed by atoms with E-state index in [0.717, 1.165) is 176 Å². The number of pyridine rings is 2. The zero-order valence-corrected chi connectivity index (χ0v) is 41.9. The smallest absolute Gasteiger partial charge is 0.119 e. The Kier molecular flexibility index (Phi) is 19.5. The fraction of sp³-hybridized carbons (Fsp3) is 0.490. The van der Waals surface area contributed by atoms with Crippen LogP contribution in [0.1, 0.15) is 68.9 Å². The van der Waals surface area contributed by atoms with Gasteiger partial charge in [0.15, 0.2) is 0 Å². The first kappa shape index (κ1) is 51.0. The van der Waals surface area contributed by atoms with Crippen LogP contribution in [0.4, 0.5) is 0 Å². The monoisotopic (exact) mass is 986 g/mol. The van der Waals surface area contributed by atoms with E-state index in [1.807, 2.05) is 48.8 Å². The van der Waals surface area contributed by atoms with E-state index in [1.165, 1.54) is 0 Å². The summed E-state index contributed by atoms with van der Waals surface area (Å²) < 4.78 is 10.8. The highest BCUT2D eigenvalue weighted by atomic mass is 35.5. The summed E-state index contributed by atoms with van der Waals surface area (Å²) in [4.78, 5) is 30.8. The molecule has 2 aliphatic heterocycles. The molecule has 2 aliphatic rings. The zero-order chi connectivity index (χ0) is 46.9. The number of thioether (sulfide) groups is 2. The highest BCUT2D eigenvalue weighted by Crippen LogP contribution is 2.39. The molecule has 6 heterocycles. The Morgan fingerprint density at radius 2 is 1.04 bits per heavy atom. The number of likely N-dealkylation sites (tertiary alicyclic amines) is 2. The van der Waals surface area contributed by atoms with Gasteiger partial charge in [0.2, 0.25) is 0 Å². The second-order valence-electron chi connectivity index (χ2n) is 17.8. The van der Waals surface area contributed by atoms with Gasteiger partial charge in [-0.1, -0.05) is 23.2 Å². The van der Waals surface area contributed by atoms with E-state index in [9.17, 15) is 10.2 Å². The molecule has 16 heteroatoms. The van der Waals surface area contributed by atoms with Crippen molar-refractivity contribution in [3.63, 3.8) is 0 Å². The quantitative estimate of drug-likeness (QED) is 0.0522. The Morgan fingerprint density at radius 3 is 1.48 bits per heavy atom. The van der Waals surface area contributed by atoms with E-state index < -0.39 is 0 Å². The normalized spacial score (nSPS) is 16.1. The second kappa shape index (κ2) is 25.7. The van der Waals surface area contributed by atoms with Gasteiger partial charge >= 0.3 is 0 Å². The fourth-order valence-corrected chi connectivity index (χ4v) is 11.5. The van der Waals surface area contributed by atoms with Gasteiger partial charge in [0.05, 0.1) is 47.7 Å². The number of aliphatic hydroxyl groups excluding tert-OH is 2. The van der Waals surface area contributed by atoms with Crippen LogP contribution in [-0.4, -0.2) is 128 Å². The van der Waals surface area contributed by atoms with Crippen molar-refractivity contribution in [3.8, 4) is 11.5 Å². The summed E-state index contributed by atoms with van der Waals surface area (Å²) in [6, 6.07) is 11.8. The molecule has 2 fully saturated rings. The SMILES string of the molecule is COc1ccc2ncc(Cl)c(CCCC3(CO)CCN(CCCSc4cnccn4)CC3)c2c1.COc1ccc2ncc(Cl)c(CCCC3(CO)CCN(CCSc4cnccn4)CC3)c2c1. The van der Waals surface area contributed by atoms with Crippen molar-refractivity contribution >= 4 is 68.5 Å². The van der Waals surface area contributed by atoms with Crippen LogP contribution in [0.3, 0.4) is 0 Å². The molecule has 0 amide bonds. The van der Waals surface area contributed by atoms with Gasteiger partial charge in [0.25, 0.3) is 0 Å². The summed E-state index contributed by atoms with van der Waals surface area (Å²) in [5, 5.41) is 26.0. The number of rotatable bonds is 21. The summed E-state index contributed by atoms with van der Waals surface area (Å²) in [5.41, 5.74) is 4.12. The van der Waals surface area contributed by atoms with Crippen molar-refractivity contribution in [2.45, 2.75) is 80.7 Å². The number of methoxy groups -OCH3 is 2. The molecule has 12 nitrogen and oxygen atoms in total. The average molecular weight is 988 g/mol. The number of ether oxygens (including phenoxy) is 2. The number of piperidine rings is 2. The Balaban J connectivity index is 0.000000199. The molecule has 0 saturated carbocycles. The largest absolute Gasteiger partial charge is 0.497 e. The molecule has 4 aromatic heterocycles. The molecule has 2 aromatic carbocycles. The number of nitrogens with zero attached hydrogens (tertiary/aromatic N) is 8. The number of aromatic nitrogens is 6. The van der Waals surface area contributed by atoms with Gasteiger partial charge in [0, 0.05) is 79.2 Å². The Labute approximate surface area is 414 Å². The maximum absolute atomic E-state index is 10.3. The molecule has 0 unspecified atom stereocenters. The van der Waals surface area contributed by atoms with Crippen LogP contribution in [0.25, 0.3) is 21.8 Å². The summed E-state index contributed by atoms with van der Waals surface area (Å²) in [6.07, 6.45) is 25.0. The lowest BCUT2D eigenvalue weighted by molar-refractivity contribution is 0.0358. The lowest BCUT2D eigenvalue weighted by atomic mass is 9.75. The maximum atomic E-state index is 10.3. The van der Waals surface area contributed by atoms with Crippen LogP contribution in [-0.2, 0) is 12.8 Å². The second-order valence-corrected chi connectivity index (χ2v) is 20.8. The topological polar surface area (TPSA) is 143 Å². The van der Waals surface area contributed by atoms with Crippen LogP contribution in [0, 0.1) is 10.8 Å². The summed E-state index contributed by atoms with van der Waals surface area (Å²) in [5.74, 6) is 3.67. The van der Waals surface area contributed by atoms with E-state index in [0.29, 0.717) is 10.0 Å². The van der Waals surface area contributed by atoms with E-state index in [4.69, 9.17) is 32.7 Å². The summed E-state index contributed by atoms with van der Waals surface area (Å²) in [7, 11) is 3.34. The van der Waals surface area contributed by atoms with Crippen LogP contribution < -0.4 is 9.47 Å². The van der Waals surface area contributed by atoms with Gasteiger partial charge in [-0.15, -0.1) is 23.5 Å². The number of aryl methyl sites for hydroxylation is 2. The van der Waals surface area contributed by atoms with E-state index in [1.54, 1.807) is 74.9 Å². The molecule has 358 valence electrons. The molecule has 0 radical (unpaired) electrons. The first-order valence-electron chi connectivity index (χ1n) is 23.4. The first-order valence-corrected chi connectivity index (χ1v) is 26.1. The Morgan fingerprint density at radius 1 is 0.582 bits per heavy atom. The number of benzene rings is 2. The molecular weight excluding hydrogens is 924 g/mol. The van der Waals surface area contributed by atoms with Gasteiger partial charge in [-0.2, -0.15) is 0 Å². The molecule has 0 atom stereocenters. The van der Waals surface area contributed by atoms with Crippen molar-refractivity contribution in [2.75, 3.05) is 78.2 Å². The molecule has 67 heavy (non-hydrogen) atoms. The van der Waals surface area contributed by atoms with Crippen molar-refractivity contribution in [2.24, 2.45) is 10.8 Å². The summed E-state index contributed by atoms with van der Waals surface area (Å²) >= 11 is 16.6. The van der Waals surface area contributed by atoms with Crippen LogP contribution in [0.2, 0.25) is 10.0 Å². The number of halogens is 2. The van der Waals surface area contributed by atoms with E-state index in [-0.39, 0.29) is 24.0 Å². The minimum Gasteiger partial charge on any atom is -0.497 e. The van der Waals surface area contributed by atoms with Crippen molar-refractivity contribution in [3.05, 3.63) is 107 Å². The number of hydrogen-bond acceptors (Lipinski definition) is 14. The third kappa shape index (κ3) is 14.4. The molecule has 2 saturated heterocycles. The molecule has 2 N–H and O–H groups in total. The first-order chi connectivity index (χ1) is 32.7. The third-order valence-electron chi connectivity index (χ3n) is 13.6. The lowest BCUT2D eigenvalue weighted by Gasteiger charge is -2.41. The zero-order valence-electron chi connectivity index (χ0n) is 38.8. The predicted molar refractivity (Wildman–Crippen MR) is 273 cm³/mol. The van der Waals surface area contributed by atoms with E-state index in [2.05, 4.69) is 39.7 Å².